The summed E-state index contributed by atoms with van der Waals surface area (Å²) in [5, 5.41) is 10.7. The van der Waals surface area contributed by atoms with Crippen molar-refractivity contribution in [3.63, 3.8) is 0 Å². The summed E-state index contributed by atoms with van der Waals surface area (Å²) in [6, 6.07) is 13.6. The number of hydrogen-bond acceptors (Lipinski definition) is 3. The smallest absolute Gasteiger partial charge is 0.246 e. The molecule has 1 aliphatic carbocycles. The van der Waals surface area contributed by atoms with Crippen LogP contribution in [0.5, 0.6) is 0 Å². The third-order valence-electron chi connectivity index (χ3n) is 4.65. The summed E-state index contributed by atoms with van der Waals surface area (Å²) < 4.78 is 0. The van der Waals surface area contributed by atoms with E-state index in [0.29, 0.717) is 13.1 Å². The minimum Gasteiger partial charge on any atom is -0.388 e. The highest BCUT2D eigenvalue weighted by Gasteiger charge is 2.34. The first-order chi connectivity index (χ1) is 12.1. The van der Waals surface area contributed by atoms with Crippen LogP contribution in [0.2, 0.25) is 0 Å². The fraction of sp³-hybridized carbons (Fsp3) is 0.333. The average molecular weight is 336 g/mol. The number of pyridine rings is 1. The van der Waals surface area contributed by atoms with Crippen molar-refractivity contribution in [2.75, 3.05) is 6.54 Å². The van der Waals surface area contributed by atoms with E-state index in [1.165, 1.54) is 0 Å². The molecule has 3 rings (SSSR count). The van der Waals surface area contributed by atoms with E-state index in [1.54, 1.807) is 29.4 Å². The number of rotatable bonds is 6. The summed E-state index contributed by atoms with van der Waals surface area (Å²) in [4.78, 5) is 18.6. The lowest BCUT2D eigenvalue weighted by Gasteiger charge is -2.31. The molecule has 0 spiro atoms. The number of carbonyl (C=O) groups excluding carboxylic acids is 1. The molecule has 1 fully saturated rings. The summed E-state index contributed by atoms with van der Waals surface area (Å²) in [6.07, 6.45) is 10.3. The Labute approximate surface area is 148 Å². The molecule has 1 aromatic heterocycles. The van der Waals surface area contributed by atoms with Crippen LogP contribution in [0.3, 0.4) is 0 Å². The third kappa shape index (κ3) is 5.00. The summed E-state index contributed by atoms with van der Waals surface area (Å²) in [5.41, 5.74) is 1.19. The molecule has 0 radical (unpaired) electrons. The minimum absolute atomic E-state index is 0.0898. The van der Waals surface area contributed by atoms with Crippen molar-refractivity contribution in [3.8, 4) is 0 Å². The van der Waals surface area contributed by atoms with E-state index in [9.17, 15) is 9.90 Å². The van der Waals surface area contributed by atoms with E-state index >= 15 is 0 Å². The molecule has 0 unspecified atom stereocenters. The minimum atomic E-state index is -0.757. The van der Waals surface area contributed by atoms with Gasteiger partial charge < -0.3 is 10.0 Å². The van der Waals surface area contributed by atoms with Gasteiger partial charge in [0.15, 0.2) is 0 Å². The number of hydrogen-bond donors (Lipinski definition) is 1. The van der Waals surface area contributed by atoms with Gasteiger partial charge in [-0.25, -0.2) is 0 Å². The maximum Gasteiger partial charge on any atom is 0.246 e. The van der Waals surface area contributed by atoms with Crippen LogP contribution in [0.15, 0.2) is 60.9 Å². The molecule has 1 amide bonds. The van der Waals surface area contributed by atoms with E-state index in [2.05, 4.69) is 4.98 Å². The summed E-state index contributed by atoms with van der Waals surface area (Å²) >= 11 is 0. The average Bonchev–Trinajstić information content (AvgIpc) is 3.07. The van der Waals surface area contributed by atoms with Gasteiger partial charge in [-0.05, 0) is 36.1 Å². The first kappa shape index (κ1) is 17.4. The standard InChI is InChI=1S/C21H24N2O2/c24-20(11-10-18-9-6-14-22-15-18)23(16-19-7-2-1-3-8-19)17-21(25)12-4-5-13-21/h1-3,6-11,14-15,25H,4-5,12-13,16-17H2/b11-10+. The zero-order valence-corrected chi connectivity index (χ0v) is 14.3. The molecular formula is C21H24N2O2. The molecule has 4 nitrogen and oxygen atoms in total. The molecule has 0 aliphatic heterocycles. The summed E-state index contributed by atoms with van der Waals surface area (Å²) in [7, 11) is 0. The number of aliphatic hydroxyl groups is 1. The van der Waals surface area contributed by atoms with E-state index in [1.807, 2.05) is 42.5 Å². The van der Waals surface area contributed by atoms with Crippen molar-refractivity contribution >= 4 is 12.0 Å². The lowest BCUT2D eigenvalue weighted by atomic mass is 10.0. The second-order valence-corrected chi connectivity index (χ2v) is 6.73. The fourth-order valence-electron chi connectivity index (χ4n) is 3.31. The van der Waals surface area contributed by atoms with Gasteiger partial charge in [-0.1, -0.05) is 49.2 Å². The number of carbonyl (C=O) groups is 1. The predicted octanol–water partition coefficient (Wildman–Crippen LogP) is 3.43. The van der Waals surface area contributed by atoms with Crippen LogP contribution in [-0.4, -0.2) is 33.0 Å². The molecule has 1 N–H and O–H groups in total. The van der Waals surface area contributed by atoms with Gasteiger partial charge in [0, 0.05) is 25.0 Å². The molecule has 0 bridgehead atoms. The van der Waals surface area contributed by atoms with Crippen LogP contribution in [-0.2, 0) is 11.3 Å². The lowest BCUT2D eigenvalue weighted by molar-refractivity contribution is -0.130. The molecule has 2 aromatic rings. The second kappa shape index (κ2) is 8.08. The van der Waals surface area contributed by atoms with Crippen molar-refractivity contribution in [2.45, 2.75) is 37.8 Å². The van der Waals surface area contributed by atoms with Gasteiger partial charge in [-0.3, -0.25) is 9.78 Å². The molecule has 0 atom stereocenters. The zero-order valence-electron chi connectivity index (χ0n) is 14.3. The Hall–Kier alpha value is -2.46. The van der Waals surface area contributed by atoms with Gasteiger partial charge in [0.25, 0.3) is 0 Å². The maximum absolute atomic E-state index is 12.8. The molecular weight excluding hydrogens is 312 g/mol. The molecule has 1 aliphatic rings. The van der Waals surface area contributed by atoms with Crippen LogP contribution in [0, 0.1) is 0 Å². The van der Waals surface area contributed by atoms with Crippen molar-refractivity contribution in [1.29, 1.82) is 0 Å². The Balaban J connectivity index is 1.74. The van der Waals surface area contributed by atoms with Crippen LogP contribution in [0.4, 0.5) is 0 Å². The number of amides is 1. The third-order valence-corrected chi connectivity index (χ3v) is 4.65. The highest BCUT2D eigenvalue weighted by Crippen LogP contribution is 2.30. The fourth-order valence-corrected chi connectivity index (χ4v) is 3.31. The Bertz CT molecular complexity index is 707. The zero-order chi connectivity index (χ0) is 17.5. The lowest BCUT2D eigenvalue weighted by Crippen LogP contribution is -2.43. The number of aromatic nitrogens is 1. The number of nitrogens with zero attached hydrogens (tertiary/aromatic N) is 2. The molecule has 1 aromatic carbocycles. The SMILES string of the molecule is O=C(/C=C/c1cccnc1)N(Cc1ccccc1)CC1(O)CCCC1. The Morgan fingerprint density at radius 1 is 1.16 bits per heavy atom. The van der Waals surface area contributed by atoms with Crippen molar-refractivity contribution in [2.24, 2.45) is 0 Å². The van der Waals surface area contributed by atoms with Gasteiger partial charge in [-0.2, -0.15) is 0 Å². The Kier molecular flexibility index (Phi) is 5.61. The second-order valence-electron chi connectivity index (χ2n) is 6.73. The quantitative estimate of drug-likeness (QED) is 0.822. The monoisotopic (exact) mass is 336 g/mol. The van der Waals surface area contributed by atoms with E-state index in [-0.39, 0.29) is 5.91 Å². The summed E-state index contributed by atoms with van der Waals surface area (Å²) in [6.45, 7) is 0.872. The highest BCUT2D eigenvalue weighted by molar-refractivity contribution is 5.91. The van der Waals surface area contributed by atoms with Crippen molar-refractivity contribution in [1.82, 2.24) is 9.88 Å². The molecule has 1 saturated carbocycles. The topological polar surface area (TPSA) is 53.4 Å². The highest BCUT2D eigenvalue weighted by atomic mass is 16.3. The van der Waals surface area contributed by atoms with Crippen LogP contribution in [0.1, 0.15) is 36.8 Å². The van der Waals surface area contributed by atoms with E-state index in [4.69, 9.17) is 0 Å². The van der Waals surface area contributed by atoms with Crippen molar-refractivity contribution in [3.05, 3.63) is 72.1 Å². The van der Waals surface area contributed by atoms with Crippen LogP contribution >= 0.6 is 0 Å². The first-order valence-electron chi connectivity index (χ1n) is 8.78. The van der Waals surface area contributed by atoms with Crippen LogP contribution in [0.25, 0.3) is 6.08 Å². The predicted molar refractivity (Wildman–Crippen MR) is 98.5 cm³/mol. The summed E-state index contributed by atoms with van der Waals surface area (Å²) in [5.74, 6) is -0.0898. The molecule has 0 saturated heterocycles. The number of benzene rings is 1. The molecule has 25 heavy (non-hydrogen) atoms. The Morgan fingerprint density at radius 3 is 2.60 bits per heavy atom. The van der Waals surface area contributed by atoms with Gasteiger partial charge in [0.05, 0.1) is 12.1 Å². The van der Waals surface area contributed by atoms with Gasteiger partial charge in [0.1, 0.15) is 0 Å². The first-order valence-corrected chi connectivity index (χ1v) is 8.78. The molecule has 4 heteroatoms. The molecule has 1 heterocycles. The van der Waals surface area contributed by atoms with Crippen LogP contribution < -0.4 is 0 Å². The normalized spacial score (nSPS) is 16.2. The van der Waals surface area contributed by atoms with E-state index in [0.717, 1.165) is 36.8 Å². The van der Waals surface area contributed by atoms with Gasteiger partial charge >= 0.3 is 0 Å². The Morgan fingerprint density at radius 2 is 1.92 bits per heavy atom. The van der Waals surface area contributed by atoms with Crippen molar-refractivity contribution < 1.29 is 9.90 Å². The van der Waals surface area contributed by atoms with E-state index < -0.39 is 5.60 Å². The maximum atomic E-state index is 12.8. The molecule has 130 valence electrons. The van der Waals surface area contributed by atoms with Gasteiger partial charge in [-0.15, -0.1) is 0 Å². The largest absolute Gasteiger partial charge is 0.388 e. The van der Waals surface area contributed by atoms with Gasteiger partial charge in [0.2, 0.25) is 5.91 Å².